The van der Waals surface area contributed by atoms with Gasteiger partial charge in [0.25, 0.3) is 0 Å². The fourth-order valence-electron chi connectivity index (χ4n) is 1.64. The molecule has 0 radical (unpaired) electrons. The molecule has 0 spiro atoms. The molecule has 3 nitrogen and oxygen atoms in total. The maximum atomic E-state index is 12.7. The van der Waals surface area contributed by atoms with Gasteiger partial charge in [0.05, 0.1) is 10.6 Å². The number of hydrogen-bond acceptors (Lipinski definition) is 2. The first-order chi connectivity index (χ1) is 8.91. The Morgan fingerprint density at radius 1 is 1.37 bits per heavy atom. The number of halogens is 4. The number of aryl methyl sites for hydroxylation is 1. The Morgan fingerprint density at radius 3 is 2.74 bits per heavy atom. The van der Waals surface area contributed by atoms with Crippen molar-refractivity contribution in [2.24, 2.45) is 0 Å². The van der Waals surface area contributed by atoms with Crippen LogP contribution in [0.4, 0.5) is 24.8 Å². The number of benzene rings is 1. The molecule has 102 valence electrons. The minimum Gasteiger partial charge on any atom is -0.326 e. The Kier molecular flexibility index (Phi) is 3.71. The second-order valence-corrected chi connectivity index (χ2v) is 4.26. The van der Waals surface area contributed by atoms with Gasteiger partial charge in [0.1, 0.15) is 0 Å². The van der Waals surface area contributed by atoms with E-state index in [4.69, 9.17) is 11.6 Å². The molecular formula is C12H11ClF3N3. The van der Waals surface area contributed by atoms with Gasteiger partial charge in [-0.3, -0.25) is 0 Å². The molecule has 0 bridgehead atoms. The third kappa shape index (κ3) is 3.01. The quantitative estimate of drug-likeness (QED) is 0.912. The number of imidazole rings is 1. The van der Waals surface area contributed by atoms with Crippen molar-refractivity contribution in [2.75, 3.05) is 5.32 Å². The van der Waals surface area contributed by atoms with E-state index in [9.17, 15) is 13.2 Å². The number of hydrogen-bond donors (Lipinski definition) is 1. The van der Waals surface area contributed by atoms with E-state index in [0.717, 1.165) is 6.07 Å². The molecule has 0 atom stereocenters. The van der Waals surface area contributed by atoms with Crippen molar-refractivity contribution >= 4 is 23.2 Å². The standard InChI is InChI=1S/C12H11ClF3N3/c1-2-19-6-5-17-11(19)18-8-3-4-10(13)9(7-8)12(14,15)16/h3-7H,2H2,1H3,(H,17,18). The lowest BCUT2D eigenvalue weighted by molar-refractivity contribution is -0.137. The maximum absolute atomic E-state index is 12.7. The van der Waals surface area contributed by atoms with Crippen molar-refractivity contribution in [3.8, 4) is 0 Å². The summed E-state index contributed by atoms with van der Waals surface area (Å²) in [5.41, 5.74) is -0.577. The number of rotatable bonds is 3. The summed E-state index contributed by atoms with van der Waals surface area (Å²) in [6, 6.07) is 3.66. The van der Waals surface area contributed by atoms with Crippen LogP contribution in [-0.2, 0) is 12.7 Å². The number of nitrogens with zero attached hydrogens (tertiary/aromatic N) is 2. The minimum absolute atomic E-state index is 0.289. The Bertz CT molecular complexity index is 578. The maximum Gasteiger partial charge on any atom is 0.417 e. The lowest BCUT2D eigenvalue weighted by Crippen LogP contribution is -2.07. The van der Waals surface area contributed by atoms with Gasteiger partial charge in [-0.05, 0) is 25.1 Å². The van der Waals surface area contributed by atoms with Crippen molar-refractivity contribution in [1.82, 2.24) is 9.55 Å². The first-order valence-corrected chi connectivity index (χ1v) is 5.94. The molecule has 0 aliphatic carbocycles. The van der Waals surface area contributed by atoms with Crippen molar-refractivity contribution in [1.29, 1.82) is 0 Å². The van der Waals surface area contributed by atoms with Crippen LogP contribution in [-0.4, -0.2) is 9.55 Å². The molecule has 2 rings (SSSR count). The summed E-state index contributed by atoms with van der Waals surface area (Å²) >= 11 is 5.55. The lowest BCUT2D eigenvalue weighted by atomic mass is 10.2. The third-order valence-corrected chi connectivity index (χ3v) is 2.91. The van der Waals surface area contributed by atoms with Crippen LogP contribution < -0.4 is 5.32 Å². The van der Waals surface area contributed by atoms with E-state index in [-0.39, 0.29) is 10.7 Å². The zero-order chi connectivity index (χ0) is 14.0. The molecule has 1 heterocycles. The summed E-state index contributed by atoms with van der Waals surface area (Å²) in [7, 11) is 0. The minimum atomic E-state index is -4.48. The zero-order valence-corrected chi connectivity index (χ0v) is 10.8. The molecule has 0 unspecified atom stereocenters. The second kappa shape index (κ2) is 5.13. The first-order valence-electron chi connectivity index (χ1n) is 5.56. The van der Waals surface area contributed by atoms with Gasteiger partial charge in [0.15, 0.2) is 0 Å². The van der Waals surface area contributed by atoms with Crippen LogP contribution in [0.5, 0.6) is 0 Å². The van der Waals surface area contributed by atoms with E-state index in [1.807, 2.05) is 6.92 Å². The fraction of sp³-hybridized carbons (Fsp3) is 0.250. The van der Waals surface area contributed by atoms with Crippen LogP contribution in [0.15, 0.2) is 30.6 Å². The molecule has 1 aromatic heterocycles. The summed E-state index contributed by atoms with van der Waals surface area (Å²) in [5, 5.41) is 2.51. The zero-order valence-electron chi connectivity index (χ0n) is 10.0. The van der Waals surface area contributed by atoms with Crippen LogP contribution in [0.2, 0.25) is 5.02 Å². The van der Waals surface area contributed by atoms with Gasteiger partial charge in [-0.15, -0.1) is 0 Å². The summed E-state index contributed by atoms with van der Waals surface area (Å²) in [6.45, 7) is 2.58. The second-order valence-electron chi connectivity index (χ2n) is 3.85. The highest BCUT2D eigenvalue weighted by atomic mass is 35.5. The molecule has 1 N–H and O–H groups in total. The van der Waals surface area contributed by atoms with Crippen LogP contribution in [0.3, 0.4) is 0 Å². The van der Waals surface area contributed by atoms with Gasteiger partial charge in [-0.1, -0.05) is 11.6 Å². The summed E-state index contributed by atoms with van der Waals surface area (Å²) in [4.78, 5) is 4.03. The molecule has 0 aliphatic rings. The Labute approximate surface area is 113 Å². The smallest absolute Gasteiger partial charge is 0.326 e. The Morgan fingerprint density at radius 2 is 2.11 bits per heavy atom. The first kappa shape index (κ1) is 13.7. The monoisotopic (exact) mass is 289 g/mol. The molecule has 19 heavy (non-hydrogen) atoms. The molecule has 0 amide bonds. The van der Waals surface area contributed by atoms with E-state index >= 15 is 0 Å². The van der Waals surface area contributed by atoms with E-state index in [0.29, 0.717) is 12.5 Å². The van der Waals surface area contributed by atoms with Gasteiger partial charge in [-0.25, -0.2) is 4.98 Å². The number of anilines is 2. The van der Waals surface area contributed by atoms with Crippen molar-refractivity contribution in [3.05, 3.63) is 41.2 Å². The van der Waals surface area contributed by atoms with Crippen LogP contribution in [0.25, 0.3) is 0 Å². The lowest BCUT2D eigenvalue weighted by Gasteiger charge is -2.12. The van der Waals surface area contributed by atoms with Gasteiger partial charge in [0.2, 0.25) is 5.95 Å². The Balaban J connectivity index is 2.32. The third-order valence-electron chi connectivity index (χ3n) is 2.58. The highest BCUT2D eigenvalue weighted by Crippen LogP contribution is 2.36. The summed E-state index contributed by atoms with van der Waals surface area (Å²) < 4.78 is 39.9. The van der Waals surface area contributed by atoms with Gasteiger partial charge in [-0.2, -0.15) is 13.2 Å². The van der Waals surface area contributed by atoms with E-state index in [1.165, 1.54) is 12.1 Å². The summed E-state index contributed by atoms with van der Waals surface area (Å²) in [5.74, 6) is 0.484. The van der Waals surface area contributed by atoms with Crippen molar-refractivity contribution < 1.29 is 13.2 Å². The molecule has 0 fully saturated rings. The molecule has 0 saturated heterocycles. The molecule has 0 saturated carbocycles. The number of alkyl halides is 3. The molecule has 0 aliphatic heterocycles. The predicted molar refractivity (Wildman–Crippen MR) is 67.6 cm³/mol. The Hall–Kier alpha value is -1.69. The van der Waals surface area contributed by atoms with E-state index in [2.05, 4.69) is 10.3 Å². The van der Waals surface area contributed by atoms with Gasteiger partial charge < -0.3 is 9.88 Å². The largest absolute Gasteiger partial charge is 0.417 e. The van der Waals surface area contributed by atoms with E-state index < -0.39 is 11.7 Å². The van der Waals surface area contributed by atoms with Crippen LogP contribution in [0, 0.1) is 0 Å². The van der Waals surface area contributed by atoms with Crippen LogP contribution in [0.1, 0.15) is 12.5 Å². The van der Waals surface area contributed by atoms with Crippen LogP contribution >= 0.6 is 11.6 Å². The predicted octanol–water partition coefficient (Wildman–Crippen LogP) is 4.32. The fourth-order valence-corrected chi connectivity index (χ4v) is 1.86. The molecule has 1 aromatic carbocycles. The molecular weight excluding hydrogens is 279 g/mol. The van der Waals surface area contributed by atoms with Gasteiger partial charge in [0, 0.05) is 24.6 Å². The van der Waals surface area contributed by atoms with Crippen molar-refractivity contribution in [2.45, 2.75) is 19.6 Å². The van der Waals surface area contributed by atoms with E-state index in [1.54, 1.807) is 17.0 Å². The van der Waals surface area contributed by atoms with Crippen molar-refractivity contribution in [3.63, 3.8) is 0 Å². The molecule has 7 heteroatoms. The SMILES string of the molecule is CCn1ccnc1Nc1ccc(Cl)c(C(F)(F)F)c1. The number of nitrogens with one attached hydrogen (secondary N) is 1. The molecule has 2 aromatic rings. The summed E-state index contributed by atoms with van der Waals surface area (Å²) in [6.07, 6.45) is -1.16. The highest BCUT2D eigenvalue weighted by Gasteiger charge is 2.33. The van der Waals surface area contributed by atoms with Gasteiger partial charge >= 0.3 is 6.18 Å². The average molecular weight is 290 g/mol. The number of aromatic nitrogens is 2. The highest BCUT2D eigenvalue weighted by molar-refractivity contribution is 6.31. The topological polar surface area (TPSA) is 29.9 Å². The average Bonchev–Trinajstić information content (AvgIpc) is 2.77. The normalized spacial score (nSPS) is 11.6.